The fourth-order valence-electron chi connectivity index (χ4n) is 3.16. The lowest BCUT2D eigenvalue weighted by molar-refractivity contribution is 0.0953. The first-order chi connectivity index (χ1) is 13.5. The molecule has 0 spiro atoms. The van der Waals surface area contributed by atoms with Crippen LogP contribution >= 0.6 is 23.1 Å². The average molecular weight is 430 g/mol. The van der Waals surface area contributed by atoms with E-state index < -0.39 is 5.76 Å². The Morgan fingerprint density at radius 1 is 1.18 bits per heavy atom. The van der Waals surface area contributed by atoms with Gasteiger partial charge in [-0.3, -0.25) is 9.69 Å². The molecule has 3 rings (SSSR count). The van der Waals surface area contributed by atoms with Crippen LogP contribution in [0.15, 0.2) is 40.6 Å². The van der Waals surface area contributed by atoms with Gasteiger partial charge in [0, 0.05) is 37.6 Å². The summed E-state index contributed by atoms with van der Waals surface area (Å²) in [4.78, 5) is 17.2. The largest absolute Gasteiger partial charge is 0.367 e. The van der Waals surface area contributed by atoms with Crippen LogP contribution in [0.25, 0.3) is 0 Å². The monoisotopic (exact) mass is 429 g/mol. The molecule has 0 aliphatic carbocycles. The molecule has 0 unspecified atom stereocenters. The van der Waals surface area contributed by atoms with Crippen molar-refractivity contribution in [1.29, 1.82) is 0 Å². The number of para-hydroxylation sites is 1. The van der Waals surface area contributed by atoms with Crippen molar-refractivity contribution in [2.75, 3.05) is 44.2 Å². The van der Waals surface area contributed by atoms with Crippen LogP contribution in [0.1, 0.15) is 16.1 Å². The Balaban J connectivity index is 1.37. The van der Waals surface area contributed by atoms with E-state index in [1.54, 1.807) is 23.6 Å². The van der Waals surface area contributed by atoms with Crippen molar-refractivity contribution in [3.8, 4) is 0 Å². The van der Waals surface area contributed by atoms with Crippen molar-refractivity contribution in [1.82, 2.24) is 10.2 Å². The quantitative estimate of drug-likeness (QED) is 0.505. The lowest BCUT2D eigenvalue weighted by Crippen LogP contribution is -2.47. The van der Waals surface area contributed by atoms with E-state index in [2.05, 4.69) is 10.2 Å². The summed E-state index contributed by atoms with van der Waals surface area (Å²) in [6.45, 7) is 4.51. The molecule has 1 fully saturated rings. The minimum atomic E-state index is -2.54. The van der Waals surface area contributed by atoms with Crippen molar-refractivity contribution < 1.29 is 18.0 Å². The number of hydrogen-bond acceptors (Lipinski definition) is 5. The number of hydrogen-bond donors (Lipinski definition) is 1. The highest BCUT2D eigenvalue weighted by Gasteiger charge is 2.19. The molecule has 4 nitrogen and oxygen atoms in total. The number of benzene rings is 1. The van der Waals surface area contributed by atoms with Gasteiger partial charge in [0.1, 0.15) is 10.7 Å². The second-order valence-electron chi connectivity index (χ2n) is 6.38. The van der Waals surface area contributed by atoms with Crippen LogP contribution in [0.4, 0.5) is 18.9 Å². The number of nitrogens with one attached hydrogen (secondary N) is 1. The van der Waals surface area contributed by atoms with Gasteiger partial charge in [0.2, 0.25) is 0 Å². The van der Waals surface area contributed by atoms with Crippen molar-refractivity contribution in [2.24, 2.45) is 0 Å². The molecule has 1 aromatic heterocycles. The molecule has 1 aliphatic heterocycles. The molecule has 1 aromatic carbocycles. The summed E-state index contributed by atoms with van der Waals surface area (Å²) in [5.41, 5.74) is 0.642. The first kappa shape index (κ1) is 21.0. The maximum Gasteiger partial charge on any atom is 0.288 e. The van der Waals surface area contributed by atoms with Crippen LogP contribution < -0.4 is 10.2 Å². The fraction of sp³-hybridized carbons (Fsp3) is 0.421. The third-order valence-electron chi connectivity index (χ3n) is 4.55. The van der Waals surface area contributed by atoms with Crippen LogP contribution in [-0.4, -0.2) is 55.8 Å². The second-order valence-corrected chi connectivity index (χ2v) is 8.33. The molecule has 1 N–H and O–H groups in total. The van der Waals surface area contributed by atoms with E-state index in [1.165, 1.54) is 17.4 Å². The third-order valence-corrected chi connectivity index (χ3v) is 6.37. The SMILES string of the molecule is O=C(NCCCN1CCN(c2ccccc2F)CC1)c1sccc1SC(F)F. The van der Waals surface area contributed by atoms with Gasteiger partial charge in [-0.1, -0.05) is 23.9 Å². The zero-order valence-electron chi connectivity index (χ0n) is 15.2. The summed E-state index contributed by atoms with van der Waals surface area (Å²) in [6.07, 6.45) is 0.772. The summed E-state index contributed by atoms with van der Waals surface area (Å²) >= 11 is 1.57. The molecule has 0 atom stereocenters. The van der Waals surface area contributed by atoms with Gasteiger partial charge in [-0.15, -0.1) is 11.3 Å². The van der Waals surface area contributed by atoms with E-state index in [4.69, 9.17) is 0 Å². The number of piperazine rings is 1. The summed E-state index contributed by atoms with van der Waals surface area (Å²) in [5, 5.41) is 4.45. The summed E-state index contributed by atoms with van der Waals surface area (Å²) in [5.74, 6) is -3.04. The highest BCUT2D eigenvalue weighted by molar-refractivity contribution is 7.99. The smallest absolute Gasteiger partial charge is 0.288 e. The lowest BCUT2D eigenvalue weighted by Gasteiger charge is -2.36. The predicted molar refractivity (Wildman–Crippen MR) is 108 cm³/mol. The molecule has 0 bridgehead atoms. The van der Waals surface area contributed by atoms with Crippen LogP contribution in [0.3, 0.4) is 0 Å². The van der Waals surface area contributed by atoms with Gasteiger partial charge in [-0.05, 0) is 36.5 Å². The average Bonchev–Trinajstić information content (AvgIpc) is 3.13. The maximum absolute atomic E-state index is 13.9. The molecular weight excluding hydrogens is 407 g/mol. The van der Waals surface area contributed by atoms with Crippen LogP contribution in [-0.2, 0) is 0 Å². The number of carbonyl (C=O) groups is 1. The van der Waals surface area contributed by atoms with Crippen molar-refractivity contribution in [3.63, 3.8) is 0 Å². The number of thioether (sulfide) groups is 1. The zero-order chi connectivity index (χ0) is 19.9. The Hall–Kier alpha value is -1.71. The zero-order valence-corrected chi connectivity index (χ0v) is 16.9. The lowest BCUT2D eigenvalue weighted by atomic mass is 10.2. The van der Waals surface area contributed by atoms with Crippen LogP contribution in [0, 0.1) is 5.82 Å². The number of halogens is 3. The first-order valence-corrected chi connectivity index (χ1v) is 10.8. The first-order valence-electron chi connectivity index (χ1n) is 9.07. The van der Waals surface area contributed by atoms with E-state index in [1.807, 2.05) is 11.0 Å². The van der Waals surface area contributed by atoms with Crippen molar-refractivity contribution in [3.05, 3.63) is 46.4 Å². The minimum absolute atomic E-state index is 0.198. The number of anilines is 1. The van der Waals surface area contributed by atoms with E-state index in [0.717, 1.165) is 39.1 Å². The van der Waals surface area contributed by atoms with E-state index in [9.17, 15) is 18.0 Å². The number of alkyl halides is 2. The van der Waals surface area contributed by atoms with Crippen LogP contribution in [0.5, 0.6) is 0 Å². The highest BCUT2D eigenvalue weighted by atomic mass is 32.2. The molecule has 0 radical (unpaired) electrons. The topological polar surface area (TPSA) is 35.6 Å². The Kier molecular flexibility index (Phi) is 7.64. The second kappa shape index (κ2) is 10.2. The molecule has 0 saturated carbocycles. The van der Waals surface area contributed by atoms with Gasteiger partial charge in [0.25, 0.3) is 11.7 Å². The Morgan fingerprint density at radius 3 is 2.64 bits per heavy atom. The minimum Gasteiger partial charge on any atom is -0.367 e. The Bertz CT molecular complexity index is 779. The maximum atomic E-state index is 13.9. The normalized spacial score (nSPS) is 15.2. The number of thiophene rings is 1. The summed E-state index contributed by atoms with van der Waals surface area (Å²) < 4.78 is 38.9. The standard InChI is InChI=1S/C19H22F3N3OS2/c20-14-4-1-2-5-15(14)25-11-9-24(10-12-25)8-3-7-23-18(26)17-16(6-13-27-17)28-19(21)22/h1-2,4-6,13,19H,3,7-12H2,(H,23,26). The molecule has 28 heavy (non-hydrogen) atoms. The van der Waals surface area contributed by atoms with Gasteiger partial charge >= 0.3 is 0 Å². The van der Waals surface area contributed by atoms with Gasteiger partial charge in [0.15, 0.2) is 0 Å². The molecule has 1 aliphatic rings. The molecule has 2 heterocycles. The number of carbonyl (C=O) groups excluding carboxylic acids is 1. The molecular formula is C19H22F3N3OS2. The Morgan fingerprint density at radius 2 is 1.93 bits per heavy atom. The summed E-state index contributed by atoms with van der Waals surface area (Å²) in [6, 6.07) is 8.35. The Labute approximate surface area is 170 Å². The predicted octanol–water partition coefficient (Wildman–Crippen LogP) is 4.14. The number of rotatable bonds is 8. The molecule has 1 amide bonds. The van der Waals surface area contributed by atoms with Gasteiger partial charge in [-0.25, -0.2) is 4.39 Å². The molecule has 9 heteroatoms. The fourth-order valence-corrected chi connectivity index (χ4v) is 4.77. The van der Waals surface area contributed by atoms with Crippen molar-refractivity contribution >= 4 is 34.7 Å². The number of nitrogens with zero attached hydrogens (tertiary/aromatic N) is 2. The van der Waals surface area contributed by atoms with Gasteiger partial charge < -0.3 is 10.2 Å². The van der Waals surface area contributed by atoms with Crippen molar-refractivity contribution in [2.45, 2.75) is 17.1 Å². The number of amides is 1. The van der Waals surface area contributed by atoms with E-state index in [0.29, 0.717) is 33.8 Å². The van der Waals surface area contributed by atoms with Gasteiger partial charge in [-0.2, -0.15) is 8.78 Å². The van der Waals surface area contributed by atoms with Crippen LogP contribution in [0.2, 0.25) is 0 Å². The van der Waals surface area contributed by atoms with E-state index in [-0.39, 0.29) is 11.7 Å². The molecule has 152 valence electrons. The highest BCUT2D eigenvalue weighted by Crippen LogP contribution is 2.31. The molecule has 1 saturated heterocycles. The summed E-state index contributed by atoms with van der Waals surface area (Å²) in [7, 11) is 0. The molecule has 2 aromatic rings. The third kappa shape index (κ3) is 5.65. The van der Waals surface area contributed by atoms with Gasteiger partial charge in [0.05, 0.1) is 5.69 Å². The van der Waals surface area contributed by atoms with E-state index >= 15 is 0 Å².